The molecule has 4 heterocycles. The molecule has 1 unspecified atom stereocenters. The van der Waals surface area contributed by atoms with Gasteiger partial charge in [0.2, 0.25) is 0 Å². The third kappa shape index (κ3) is 4.76. The second kappa shape index (κ2) is 13.0. The van der Waals surface area contributed by atoms with Gasteiger partial charge in [-0.25, -0.2) is 0 Å². The number of fused-ring (bicyclic) bond motifs is 12. The van der Waals surface area contributed by atoms with Gasteiger partial charge in [0.05, 0.1) is 33.9 Å². The lowest BCUT2D eigenvalue weighted by molar-refractivity contribution is 0.694. The maximum Gasteiger partial charge on any atom is 0.0764 e. The van der Waals surface area contributed by atoms with Crippen molar-refractivity contribution in [3.63, 3.8) is 0 Å². The predicted octanol–water partition coefficient (Wildman–Crippen LogP) is 13.7. The third-order valence-corrected chi connectivity index (χ3v) is 13.4. The van der Waals surface area contributed by atoms with Crippen LogP contribution < -0.4 is 10.2 Å². The zero-order valence-electron chi connectivity index (χ0n) is 31.6. The fourth-order valence-corrected chi connectivity index (χ4v) is 11.2. The van der Waals surface area contributed by atoms with Gasteiger partial charge < -0.3 is 14.8 Å². The van der Waals surface area contributed by atoms with Crippen molar-refractivity contribution in [1.82, 2.24) is 9.88 Å². The molecule has 58 heavy (non-hydrogen) atoms. The number of nitrogens with one attached hydrogen (secondary N) is 1. The molecule has 1 aromatic heterocycles. The number of para-hydroxylation sites is 4. The average molecular weight is 760 g/mol. The summed E-state index contributed by atoms with van der Waals surface area (Å²) in [5.41, 5.74) is 15.2. The van der Waals surface area contributed by atoms with Gasteiger partial charge in [-0.3, -0.25) is 0 Å². The molecule has 0 saturated carbocycles. The Balaban J connectivity index is 1.20. The predicted molar refractivity (Wildman–Crippen MR) is 241 cm³/mol. The summed E-state index contributed by atoms with van der Waals surface area (Å²) >= 11 is 1.92. The summed E-state index contributed by atoms with van der Waals surface area (Å²) in [5.74, 6) is 0. The van der Waals surface area contributed by atoms with Crippen molar-refractivity contribution in [1.29, 1.82) is 0 Å². The first-order chi connectivity index (χ1) is 28.8. The van der Waals surface area contributed by atoms with Gasteiger partial charge in [-0.05, 0) is 81.9 Å². The number of nitrogens with zero attached hydrogens (tertiary/aromatic N) is 2. The fourth-order valence-electron chi connectivity index (χ4n) is 9.88. The maximum absolute atomic E-state index is 3.90. The van der Waals surface area contributed by atoms with Crippen LogP contribution in [0.2, 0.25) is 0 Å². The van der Waals surface area contributed by atoms with Gasteiger partial charge in [0.15, 0.2) is 0 Å². The average Bonchev–Trinajstić information content (AvgIpc) is 3.65. The molecule has 8 aromatic carbocycles. The Morgan fingerprint density at radius 1 is 0.500 bits per heavy atom. The number of allylic oxidation sites excluding steroid dienone is 2. The van der Waals surface area contributed by atoms with Gasteiger partial charge in [0, 0.05) is 37.6 Å². The number of benzene rings is 8. The summed E-state index contributed by atoms with van der Waals surface area (Å²) < 4.78 is 2.55. The first-order valence-corrected chi connectivity index (χ1v) is 20.8. The van der Waals surface area contributed by atoms with Crippen LogP contribution in [0.4, 0.5) is 17.1 Å². The number of hydrogen-bond donors (Lipinski definition) is 1. The molecule has 0 radical (unpaired) electrons. The Morgan fingerprint density at radius 2 is 1.10 bits per heavy atom. The minimum Gasteiger partial charge on any atom is -0.374 e. The molecule has 3 aliphatic heterocycles. The van der Waals surface area contributed by atoms with E-state index < -0.39 is 5.41 Å². The first kappa shape index (κ1) is 33.2. The van der Waals surface area contributed by atoms with Crippen molar-refractivity contribution in [2.45, 2.75) is 21.2 Å². The summed E-state index contributed by atoms with van der Waals surface area (Å²) in [6.45, 7) is 0. The minimum atomic E-state index is -0.578. The molecule has 0 saturated heterocycles. The Kier molecular flexibility index (Phi) is 7.44. The zero-order chi connectivity index (χ0) is 38.2. The van der Waals surface area contributed by atoms with E-state index in [1.54, 1.807) is 0 Å². The van der Waals surface area contributed by atoms with Crippen LogP contribution in [0.3, 0.4) is 0 Å². The highest BCUT2D eigenvalue weighted by molar-refractivity contribution is 7.99. The van der Waals surface area contributed by atoms with Crippen molar-refractivity contribution >= 4 is 62.0 Å². The van der Waals surface area contributed by atoms with E-state index in [1.165, 1.54) is 70.8 Å². The van der Waals surface area contributed by atoms with Crippen LogP contribution in [-0.2, 0) is 5.41 Å². The molecule has 0 aliphatic carbocycles. The van der Waals surface area contributed by atoms with Crippen molar-refractivity contribution in [2.24, 2.45) is 0 Å². The topological polar surface area (TPSA) is 20.2 Å². The number of aromatic nitrogens is 1. The van der Waals surface area contributed by atoms with E-state index in [0.29, 0.717) is 0 Å². The molecule has 3 aliphatic rings. The zero-order valence-corrected chi connectivity index (χ0v) is 32.4. The van der Waals surface area contributed by atoms with Crippen LogP contribution in [0, 0.1) is 0 Å². The van der Waals surface area contributed by atoms with Gasteiger partial charge >= 0.3 is 0 Å². The minimum absolute atomic E-state index is 0.0204. The Bertz CT molecular complexity index is 3080. The Morgan fingerprint density at radius 3 is 1.84 bits per heavy atom. The molecule has 0 bridgehead atoms. The van der Waals surface area contributed by atoms with Crippen molar-refractivity contribution < 1.29 is 0 Å². The summed E-state index contributed by atoms with van der Waals surface area (Å²) in [4.78, 5) is 5.02. The summed E-state index contributed by atoms with van der Waals surface area (Å²) in [6, 6.07) is 73.4. The molecule has 0 amide bonds. The van der Waals surface area contributed by atoms with Gasteiger partial charge in [0.1, 0.15) is 0 Å². The second-order valence-electron chi connectivity index (χ2n) is 15.3. The van der Waals surface area contributed by atoms with Gasteiger partial charge in [0.25, 0.3) is 0 Å². The van der Waals surface area contributed by atoms with E-state index in [1.807, 2.05) is 11.8 Å². The van der Waals surface area contributed by atoms with Gasteiger partial charge in [-0.15, -0.1) is 0 Å². The van der Waals surface area contributed by atoms with Crippen molar-refractivity contribution in [3.05, 3.63) is 246 Å². The second-order valence-corrected chi connectivity index (χ2v) is 16.3. The quantitative estimate of drug-likeness (QED) is 0.193. The normalized spacial score (nSPS) is 16.1. The van der Waals surface area contributed by atoms with E-state index in [4.69, 9.17) is 0 Å². The molecule has 274 valence electrons. The van der Waals surface area contributed by atoms with Crippen LogP contribution in [-0.4, -0.2) is 4.57 Å². The lowest BCUT2D eigenvalue weighted by atomic mass is 9.62. The lowest BCUT2D eigenvalue weighted by Gasteiger charge is -2.49. The standard InChI is InChI=1S/C54H37N3S/c1-4-18-36(19-5-1)46-34-39(35-47(55-46)37-20-6-2-7-21-37)57-48-28-14-10-24-40(48)41-32-33-45-53(52(41)57)58-51-31-17-13-27-44(51)54(45)42-25-11-15-29-49(42)56(38-22-8-3-9-23-38)50-30-16-12-26-43(50)54/h1-35,46,55H. The third-order valence-electron chi connectivity index (χ3n) is 12.3. The molecular formula is C54H37N3S. The van der Waals surface area contributed by atoms with Crippen LogP contribution >= 0.6 is 11.8 Å². The molecule has 4 heteroatoms. The maximum atomic E-state index is 3.90. The highest BCUT2D eigenvalue weighted by Crippen LogP contribution is 2.64. The van der Waals surface area contributed by atoms with Gasteiger partial charge in [-0.2, -0.15) is 0 Å². The van der Waals surface area contributed by atoms with E-state index in [9.17, 15) is 0 Å². The largest absolute Gasteiger partial charge is 0.374 e. The monoisotopic (exact) mass is 759 g/mol. The fraction of sp³-hybridized carbons (Fsp3) is 0.0370. The lowest BCUT2D eigenvalue weighted by Crippen LogP contribution is -2.39. The number of dihydropyridines is 1. The molecule has 3 nitrogen and oxygen atoms in total. The molecule has 12 rings (SSSR count). The summed E-state index contributed by atoms with van der Waals surface area (Å²) in [5, 5.41) is 6.40. The molecule has 1 N–H and O–H groups in total. The smallest absolute Gasteiger partial charge is 0.0764 e. The van der Waals surface area contributed by atoms with E-state index in [2.05, 4.69) is 227 Å². The van der Waals surface area contributed by atoms with Crippen LogP contribution in [0.25, 0.3) is 33.2 Å². The van der Waals surface area contributed by atoms with Crippen LogP contribution in [0.5, 0.6) is 0 Å². The number of hydrogen-bond acceptors (Lipinski definition) is 3. The highest BCUT2D eigenvalue weighted by Gasteiger charge is 2.51. The van der Waals surface area contributed by atoms with Gasteiger partial charge in [-0.1, -0.05) is 176 Å². The summed E-state index contributed by atoms with van der Waals surface area (Å²) in [7, 11) is 0. The molecule has 1 atom stereocenters. The van der Waals surface area contributed by atoms with Crippen LogP contribution in [0.1, 0.15) is 39.4 Å². The molecular weight excluding hydrogens is 723 g/mol. The first-order valence-electron chi connectivity index (χ1n) is 20.0. The Hall–Kier alpha value is -7.01. The van der Waals surface area contributed by atoms with E-state index in [-0.39, 0.29) is 6.04 Å². The number of anilines is 3. The number of rotatable bonds is 4. The highest BCUT2D eigenvalue weighted by atomic mass is 32.2. The van der Waals surface area contributed by atoms with Crippen molar-refractivity contribution in [2.75, 3.05) is 4.90 Å². The molecule has 9 aromatic rings. The molecule has 1 spiro atoms. The SMILES string of the molecule is C1=C(c2ccccc2)NC(c2ccccc2)C=C1n1c2ccccc2c2ccc3c(c21)Sc1ccccc1C31c2ccccc2N(c2ccccc2)c2ccccc21. The van der Waals surface area contributed by atoms with Crippen LogP contribution in [0.15, 0.2) is 222 Å². The van der Waals surface area contributed by atoms with Crippen molar-refractivity contribution in [3.8, 4) is 0 Å². The van der Waals surface area contributed by atoms with E-state index in [0.717, 1.165) is 22.6 Å². The Labute approximate surface area is 342 Å². The summed E-state index contributed by atoms with van der Waals surface area (Å²) in [6.07, 6.45) is 4.76. The van der Waals surface area contributed by atoms with E-state index >= 15 is 0 Å². The molecule has 0 fully saturated rings.